The summed E-state index contributed by atoms with van der Waals surface area (Å²) in [6.07, 6.45) is 7.28. The molecular formula is C17H26FNO. The van der Waals surface area contributed by atoms with Crippen LogP contribution in [0.2, 0.25) is 0 Å². The minimum absolute atomic E-state index is 0.293. The van der Waals surface area contributed by atoms with E-state index in [1.807, 2.05) is 0 Å². The molecule has 0 aliphatic heterocycles. The van der Waals surface area contributed by atoms with E-state index in [2.05, 4.69) is 12.2 Å². The van der Waals surface area contributed by atoms with E-state index >= 15 is 0 Å². The Balaban J connectivity index is 1.81. The lowest BCUT2D eigenvalue weighted by atomic mass is 9.93. The highest BCUT2D eigenvalue weighted by molar-refractivity contribution is 5.18. The first kappa shape index (κ1) is 15.5. The van der Waals surface area contributed by atoms with Crippen LogP contribution in [0.4, 0.5) is 4.39 Å². The standard InChI is InChI=1S/C17H26FNO/c1-13(14-7-4-2-3-5-8-14)19-12-17(20)15-9-6-10-16(18)11-15/h6,9-11,13-14,17,19-20H,2-5,7-8,12H2,1H3/t13-,17?/m0/s1. The fourth-order valence-corrected chi connectivity index (χ4v) is 3.11. The maximum Gasteiger partial charge on any atom is 0.123 e. The molecule has 112 valence electrons. The maximum absolute atomic E-state index is 13.1. The van der Waals surface area contributed by atoms with Gasteiger partial charge in [-0.1, -0.05) is 37.8 Å². The normalized spacial score (nSPS) is 20.4. The molecule has 0 bridgehead atoms. The van der Waals surface area contributed by atoms with E-state index in [0.29, 0.717) is 24.1 Å². The van der Waals surface area contributed by atoms with E-state index in [4.69, 9.17) is 0 Å². The van der Waals surface area contributed by atoms with Crippen molar-refractivity contribution in [1.82, 2.24) is 5.32 Å². The molecule has 20 heavy (non-hydrogen) atoms. The molecule has 2 nitrogen and oxygen atoms in total. The summed E-state index contributed by atoms with van der Waals surface area (Å²) in [6.45, 7) is 2.69. The summed E-state index contributed by atoms with van der Waals surface area (Å²) in [5, 5.41) is 13.5. The molecule has 1 aliphatic carbocycles. The fraction of sp³-hybridized carbons (Fsp3) is 0.647. The predicted octanol–water partition coefficient (Wildman–Crippen LogP) is 3.81. The SMILES string of the molecule is C[C@H](NCC(O)c1cccc(F)c1)C1CCCCCC1. The van der Waals surface area contributed by atoms with Crippen molar-refractivity contribution in [2.45, 2.75) is 57.6 Å². The van der Waals surface area contributed by atoms with Crippen LogP contribution in [0.15, 0.2) is 24.3 Å². The molecule has 2 atom stereocenters. The fourth-order valence-electron chi connectivity index (χ4n) is 3.11. The van der Waals surface area contributed by atoms with Crippen molar-refractivity contribution in [3.05, 3.63) is 35.6 Å². The molecule has 0 aromatic heterocycles. The van der Waals surface area contributed by atoms with Crippen molar-refractivity contribution in [1.29, 1.82) is 0 Å². The molecule has 0 amide bonds. The number of nitrogens with one attached hydrogen (secondary N) is 1. The van der Waals surface area contributed by atoms with Gasteiger partial charge in [0.25, 0.3) is 0 Å². The average molecular weight is 279 g/mol. The Morgan fingerprint density at radius 3 is 2.60 bits per heavy atom. The molecule has 1 unspecified atom stereocenters. The number of halogens is 1. The van der Waals surface area contributed by atoms with Crippen LogP contribution < -0.4 is 5.32 Å². The Morgan fingerprint density at radius 1 is 1.25 bits per heavy atom. The molecule has 0 saturated heterocycles. The van der Waals surface area contributed by atoms with Crippen LogP contribution in [0, 0.1) is 11.7 Å². The van der Waals surface area contributed by atoms with Crippen LogP contribution in [0.3, 0.4) is 0 Å². The second-order valence-electron chi connectivity index (χ2n) is 6.02. The predicted molar refractivity (Wildman–Crippen MR) is 80.0 cm³/mol. The molecule has 1 aromatic rings. The van der Waals surface area contributed by atoms with Crippen molar-refractivity contribution in [3.8, 4) is 0 Å². The summed E-state index contributed by atoms with van der Waals surface area (Å²) < 4.78 is 13.1. The summed E-state index contributed by atoms with van der Waals surface area (Å²) >= 11 is 0. The van der Waals surface area contributed by atoms with Gasteiger partial charge in [-0.05, 0) is 43.4 Å². The Kier molecular flexibility index (Phi) is 5.99. The van der Waals surface area contributed by atoms with Crippen molar-refractivity contribution in [3.63, 3.8) is 0 Å². The Hall–Kier alpha value is -0.930. The van der Waals surface area contributed by atoms with E-state index in [-0.39, 0.29) is 5.82 Å². The van der Waals surface area contributed by atoms with E-state index in [1.165, 1.54) is 50.7 Å². The smallest absolute Gasteiger partial charge is 0.123 e. The van der Waals surface area contributed by atoms with Crippen LogP contribution in [0.25, 0.3) is 0 Å². The van der Waals surface area contributed by atoms with Crippen molar-refractivity contribution >= 4 is 0 Å². The van der Waals surface area contributed by atoms with Gasteiger partial charge in [0, 0.05) is 12.6 Å². The van der Waals surface area contributed by atoms with E-state index in [1.54, 1.807) is 12.1 Å². The molecule has 1 aromatic carbocycles. The Labute approximate surface area is 121 Å². The summed E-state index contributed by atoms with van der Waals surface area (Å²) in [5.41, 5.74) is 0.644. The van der Waals surface area contributed by atoms with Crippen LogP contribution in [0.5, 0.6) is 0 Å². The highest BCUT2D eigenvalue weighted by Crippen LogP contribution is 2.25. The molecule has 1 aliphatic rings. The first-order valence-electron chi connectivity index (χ1n) is 7.83. The maximum atomic E-state index is 13.1. The number of benzene rings is 1. The number of hydrogen-bond acceptors (Lipinski definition) is 2. The number of rotatable bonds is 5. The molecule has 3 heteroatoms. The lowest BCUT2D eigenvalue weighted by molar-refractivity contribution is 0.163. The van der Waals surface area contributed by atoms with Gasteiger partial charge >= 0.3 is 0 Å². The molecule has 2 rings (SSSR count). The Morgan fingerprint density at radius 2 is 1.95 bits per heavy atom. The number of hydrogen-bond donors (Lipinski definition) is 2. The van der Waals surface area contributed by atoms with Gasteiger partial charge in [0.2, 0.25) is 0 Å². The third kappa shape index (κ3) is 4.57. The van der Waals surface area contributed by atoms with Crippen LogP contribution in [-0.4, -0.2) is 17.7 Å². The zero-order chi connectivity index (χ0) is 14.4. The highest BCUT2D eigenvalue weighted by atomic mass is 19.1. The quantitative estimate of drug-likeness (QED) is 0.803. The molecule has 0 radical (unpaired) electrons. The van der Waals surface area contributed by atoms with Gasteiger partial charge in [0.15, 0.2) is 0 Å². The third-order valence-corrected chi connectivity index (χ3v) is 4.47. The first-order valence-corrected chi connectivity index (χ1v) is 7.83. The largest absolute Gasteiger partial charge is 0.387 e. The minimum Gasteiger partial charge on any atom is -0.387 e. The van der Waals surface area contributed by atoms with Crippen molar-refractivity contribution in [2.24, 2.45) is 5.92 Å². The summed E-state index contributed by atoms with van der Waals surface area (Å²) in [4.78, 5) is 0. The Bertz CT molecular complexity index is 402. The lowest BCUT2D eigenvalue weighted by Crippen LogP contribution is -2.36. The van der Waals surface area contributed by atoms with Crippen molar-refractivity contribution < 1.29 is 9.50 Å². The molecule has 2 N–H and O–H groups in total. The van der Waals surface area contributed by atoms with Gasteiger partial charge < -0.3 is 10.4 Å². The van der Waals surface area contributed by atoms with Crippen LogP contribution in [-0.2, 0) is 0 Å². The van der Waals surface area contributed by atoms with Crippen LogP contribution in [0.1, 0.15) is 57.1 Å². The van der Waals surface area contributed by atoms with Gasteiger partial charge in [-0.3, -0.25) is 0 Å². The van der Waals surface area contributed by atoms with E-state index in [9.17, 15) is 9.50 Å². The van der Waals surface area contributed by atoms with Crippen LogP contribution >= 0.6 is 0 Å². The zero-order valence-corrected chi connectivity index (χ0v) is 12.3. The topological polar surface area (TPSA) is 32.3 Å². The van der Waals surface area contributed by atoms with Gasteiger partial charge in [0.1, 0.15) is 5.82 Å². The monoisotopic (exact) mass is 279 g/mol. The third-order valence-electron chi connectivity index (χ3n) is 4.47. The number of aliphatic hydroxyl groups excluding tert-OH is 1. The molecule has 1 fully saturated rings. The molecular weight excluding hydrogens is 253 g/mol. The highest BCUT2D eigenvalue weighted by Gasteiger charge is 2.19. The molecule has 1 saturated carbocycles. The van der Waals surface area contributed by atoms with Gasteiger partial charge in [-0.25, -0.2) is 4.39 Å². The summed E-state index contributed by atoms with van der Waals surface area (Å²) in [6, 6.07) is 6.63. The van der Waals surface area contributed by atoms with Crippen molar-refractivity contribution in [2.75, 3.05) is 6.54 Å². The van der Waals surface area contributed by atoms with E-state index < -0.39 is 6.10 Å². The van der Waals surface area contributed by atoms with E-state index in [0.717, 1.165) is 0 Å². The molecule has 0 heterocycles. The second kappa shape index (κ2) is 7.75. The number of aliphatic hydroxyl groups is 1. The molecule has 0 spiro atoms. The zero-order valence-electron chi connectivity index (χ0n) is 12.3. The lowest BCUT2D eigenvalue weighted by Gasteiger charge is -2.25. The summed E-state index contributed by atoms with van der Waals surface area (Å²) in [7, 11) is 0. The average Bonchev–Trinajstić information content (AvgIpc) is 2.73. The summed E-state index contributed by atoms with van der Waals surface area (Å²) in [5.74, 6) is 0.413. The van der Waals surface area contributed by atoms with Gasteiger partial charge in [-0.15, -0.1) is 0 Å². The van der Waals surface area contributed by atoms with Gasteiger partial charge in [0.05, 0.1) is 6.10 Å². The van der Waals surface area contributed by atoms with Gasteiger partial charge in [-0.2, -0.15) is 0 Å². The first-order chi connectivity index (χ1) is 9.66. The second-order valence-corrected chi connectivity index (χ2v) is 6.02. The minimum atomic E-state index is -0.640.